The summed E-state index contributed by atoms with van der Waals surface area (Å²) in [6, 6.07) is 0. The Morgan fingerprint density at radius 3 is 2.73 bits per heavy atom. The van der Waals surface area contributed by atoms with Crippen molar-refractivity contribution in [1.29, 1.82) is 0 Å². The topological polar surface area (TPSA) is 26.3 Å². The van der Waals surface area contributed by atoms with E-state index in [2.05, 4.69) is 6.58 Å². The Morgan fingerprint density at radius 1 is 1.91 bits per heavy atom. The van der Waals surface area contributed by atoms with Gasteiger partial charge in [-0.15, -0.1) is 0 Å². The van der Waals surface area contributed by atoms with E-state index in [0.29, 0.717) is 6.42 Å². The lowest BCUT2D eigenvalue weighted by Crippen LogP contribution is -2.15. The number of carbonyl (C=O) groups is 1. The summed E-state index contributed by atoms with van der Waals surface area (Å²) < 4.78 is 17.0. The van der Waals surface area contributed by atoms with E-state index in [9.17, 15) is 9.18 Å². The fourth-order valence-electron chi connectivity index (χ4n) is 0.937. The molecule has 0 N–H and O–H groups in total. The van der Waals surface area contributed by atoms with E-state index >= 15 is 0 Å². The van der Waals surface area contributed by atoms with Gasteiger partial charge < -0.3 is 4.74 Å². The summed E-state index contributed by atoms with van der Waals surface area (Å²) in [5.41, 5.74) is 0.326. The highest BCUT2D eigenvalue weighted by Crippen LogP contribution is 2.51. The maximum atomic E-state index is 12.3. The minimum atomic E-state index is -0.522. The molecule has 1 aliphatic rings. The minimum absolute atomic E-state index is 0.150. The number of esters is 1. The highest BCUT2D eigenvalue weighted by Gasteiger charge is 2.48. The van der Waals surface area contributed by atoms with Crippen molar-refractivity contribution in [2.24, 2.45) is 5.41 Å². The van der Waals surface area contributed by atoms with Gasteiger partial charge in [-0.1, -0.05) is 12.2 Å². The van der Waals surface area contributed by atoms with Gasteiger partial charge in [-0.25, -0.2) is 4.39 Å². The van der Waals surface area contributed by atoms with Crippen LogP contribution in [0.5, 0.6) is 0 Å². The Balaban J connectivity index is 2.36. The SMILES string of the molecule is C=C1CC1(CF)COC(C)=O. The quantitative estimate of drug-likeness (QED) is 0.459. The fraction of sp³-hybridized carbons (Fsp3) is 0.625. The van der Waals surface area contributed by atoms with Crippen LogP contribution in [-0.4, -0.2) is 19.3 Å². The van der Waals surface area contributed by atoms with Crippen molar-refractivity contribution in [3.63, 3.8) is 0 Å². The molecule has 0 aromatic carbocycles. The number of carbonyl (C=O) groups excluding carboxylic acids is 1. The molecule has 0 aromatic rings. The molecule has 0 spiro atoms. The lowest BCUT2D eigenvalue weighted by Gasteiger charge is -2.08. The average molecular weight is 158 g/mol. The molecule has 62 valence electrons. The van der Waals surface area contributed by atoms with Crippen LogP contribution >= 0.6 is 0 Å². The normalized spacial score (nSPS) is 28.4. The van der Waals surface area contributed by atoms with Crippen molar-refractivity contribution < 1.29 is 13.9 Å². The van der Waals surface area contributed by atoms with Gasteiger partial charge in [-0.3, -0.25) is 4.79 Å². The Morgan fingerprint density at radius 2 is 2.45 bits per heavy atom. The van der Waals surface area contributed by atoms with E-state index in [4.69, 9.17) is 4.74 Å². The van der Waals surface area contributed by atoms with Crippen LogP contribution in [0.3, 0.4) is 0 Å². The molecule has 3 heteroatoms. The van der Waals surface area contributed by atoms with Crippen LogP contribution in [0.15, 0.2) is 12.2 Å². The van der Waals surface area contributed by atoms with E-state index in [0.717, 1.165) is 5.57 Å². The van der Waals surface area contributed by atoms with Gasteiger partial charge in [0.25, 0.3) is 0 Å². The zero-order valence-electron chi connectivity index (χ0n) is 6.52. The summed E-state index contributed by atoms with van der Waals surface area (Å²) >= 11 is 0. The summed E-state index contributed by atoms with van der Waals surface area (Å²) in [6.07, 6.45) is 0.650. The monoisotopic (exact) mass is 158 g/mol. The second kappa shape index (κ2) is 2.64. The minimum Gasteiger partial charge on any atom is -0.465 e. The molecular formula is C8H11FO2. The van der Waals surface area contributed by atoms with Crippen molar-refractivity contribution in [1.82, 2.24) is 0 Å². The van der Waals surface area contributed by atoms with Crippen LogP contribution in [0, 0.1) is 5.41 Å². The highest BCUT2D eigenvalue weighted by molar-refractivity contribution is 5.66. The van der Waals surface area contributed by atoms with Gasteiger partial charge in [0.05, 0.1) is 5.41 Å². The first-order valence-corrected chi connectivity index (χ1v) is 3.48. The van der Waals surface area contributed by atoms with Crippen LogP contribution < -0.4 is 0 Å². The summed E-state index contributed by atoms with van der Waals surface area (Å²) in [7, 11) is 0. The first-order valence-electron chi connectivity index (χ1n) is 3.48. The number of hydrogen-bond acceptors (Lipinski definition) is 2. The van der Waals surface area contributed by atoms with Crippen LogP contribution in [0.4, 0.5) is 4.39 Å². The van der Waals surface area contributed by atoms with Gasteiger partial charge in [-0.2, -0.15) is 0 Å². The third-order valence-corrected chi connectivity index (χ3v) is 1.98. The molecule has 2 nitrogen and oxygen atoms in total. The zero-order chi connectivity index (χ0) is 8.48. The van der Waals surface area contributed by atoms with Gasteiger partial charge in [-0.05, 0) is 6.42 Å². The zero-order valence-corrected chi connectivity index (χ0v) is 6.52. The Hall–Kier alpha value is -0.860. The summed E-state index contributed by atoms with van der Waals surface area (Å²) in [5.74, 6) is -0.363. The maximum absolute atomic E-state index is 12.3. The van der Waals surface area contributed by atoms with Crippen molar-refractivity contribution in [2.75, 3.05) is 13.3 Å². The van der Waals surface area contributed by atoms with Gasteiger partial charge in [0.15, 0.2) is 0 Å². The standard InChI is InChI=1S/C8H11FO2/c1-6-3-8(6,4-9)5-11-7(2)10/h1,3-5H2,2H3. The van der Waals surface area contributed by atoms with Gasteiger partial charge in [0.2, 0.25) is 0 Å². The number of halogens is 1. The van der Waals surface area contributed by atoms with E-state index < -0.39 is 12.1 Å². The van der Waals surface area contributed by atoms with Crippen molar-refractivity contribution in [3.05, 3.63) is 12.2 Å². The molecule has 0 saturated heterocycles. The molecule has 11 heavy (non-hydrogen) atoms. The van der Waals surface area contributed by atoms with Gasteiger partial charge in [0, 0.05) is 6.92 Å². The predicted molar refractivity (Wildman–Crippen MR) is 38.8 cm³/mol. The Labute approximate surface area is 65.0 Å². The Kier molecular flexibility index (Phi) is 1.98. The van der Waals surface area contributed by atoms with Gasteiger partial charge >= 0.3 is 5.97 Å². The highest BCUT2D eigenvalue weighted by atomic mass is 19.1. The fourth-order valence-corrected chi connectivity index (χ4v) is 0.937. The van der Waals surface area contributed by atoms with E-state index in [1.54, 1.807) is 0 Å². The molecule has 1 unspecified atom stereocenters. The summed E-state index contributed by atoms with van der Waals surface area (Å²) in [5, 5.41) is 0. The number of rotatable bonds is 3. The van der Waals surface area contributed by atoms with Crippen molar-refractivity contribution in [3.8, 4) is 0 Å². The second-order valence-electron chi connectivity index (χ2n) is 2.97. The lowest BCUT2D eigenvalue weighted by molar-refractivity contribution is -0.142. The lowest BCUT2D eigenvalue weighted by atomic mass is 10.1. The summed E-state index contributed by atoms with van der Waals surface area (Å²) in [4.78, 5) is 10.4. The predicted octanol–water partition coefficient (Wildman–Crippen LogP) is 1.47. The van der Waals surface area contributed by atoms with Crippen molar-refractivity contribution >= 4 is 5.97 Å². The van der Waals surface area contributed by atoms with Crippen LogP contribution in [0.2, 0.25) is 0 Å². The first-order chi connectivity index (χ1) is 5.10. The van der Waals surface area contributed by atoms with E-state index in [1.165, 1.54) is 6.92 Å². The van der Waals surface area contributed by atoms with Crippen LogP contribution in [0.1, 0.15) is 13.3 Å². The molecule has 0 bridgehead atoms. The largest absolute Gasteiger partial charge is 0.465 e. The van der Waals surface area contributed by atoms with E-state index in [1.807, 2.05) is 0 Å². The second-order valence-corrected chi connectivity index (χ2v) is 2.97. The van der Waals surface area contributed by atoms with Crippen LogP contribution in [-0.2, 0) is 9.53 Å². The molecule has 1 atom stereocenters. The third kappa shape index (κ3) is 1.59. The van der Waals surface area contributed by atoms with E-state index in [-0.39, 0.29) is 12.6 Å². The van der Waals surface area contributed by atoms with Crippen molar-refractivity contribution in [2.45, 2.75) is 13.3 Å². The number of ether oxygens (including phenoxy) is 1. The molecule has 0 heterocycles. The van der Waals surface area contributed by atoms with Gasteiger partial charge in [0.1, 0.15) is 13.3 Å². The molecule has 0 radical (unpaired) electrons. The van der Waals surface area contributed by atoms with Crippen LogP contribution in [0.25, 0.3) is 0 Å². The molecule has 1 rings (SSSR count). The molecule has 1 fully saturated rings. The molecule has 1 aliphatic carbocycles. The third-order valence-electron chi connectivity index (χ3n) is 1.98. The Bertz CT molecular complexity index is 200. The molecule has 0 amide bonds. The molecule has 0 aliphatic heterocycles. The number of hydrogen-bond donors (Lipinski definition) is 0. The maximum Gasteiger partial charge on any atom is 0.302 e. The average Bonchev–Trinajstić information content (AvgIpc) is 2.59. The molecule has 0 aromatic heterocycles. The molecular weight excluding hydrogens is 147 g/mol. The number of alkyl halides is 1. The smallest absolute Gasteiger partial charge is 0.302 e. The molecule has 1 saturated carbocycles. The first kappa shape index (κ1) is 8.24. The summed E-state index contributed by atoms with van der Waals surface area (Å²) in [6.45, 7) is 4.63.